The van der Waals surface area contributed by atoms with Gasteiger partial charge in [-0.15, -0.1) is 0 Å². The summed E-state index contributed by atoms with van der Waals surface area (Å²) in [4.78, 5) is 31.4. The first kappa shape index (κ1) is 14.7. The summed E-state index contributed by atoms with van der Waals surface area (Å²) in [5, 5.41) is 3.26. The average Bonchev–Trinajstić information content (AvgIpc) is 2.92. The Kier molecular flexibility index (Phi) is 3.45. The maximum Gasteiger partial charge on any atom is 0.262 e. The molecule has 1 aliphatic rings. The zero-order valence-corrected chi connectivity index (χ0v) is 13.3. The van der Waals surface area contributed by atoms with Crippen LogP contribution >= 0.6 is 0 Å². The number of rotatable bonds is 2. The van der Waals surface area contributed by atoms with Crippen LogP contribution in [0, 0.1) is 6.92 Å². The lowest BCUT2D eigenvalue weighted by Crippen LogP contribution is -2.31. The molecule has 0 saturated heterocycles. The van der Waals surface area contributed by atoms with Crippen molar-refractivity contribution in [2.45, 2.75) is 32.2 Å². The Labute approximate surface area is 137 Å². The van der Waals surface area contributed by atoms with Gasteiger partial charge >= 0.3 is 0 Å². The molecule has 0 radical (unpaired) electrons. The summed E-state index contributed by atoms with van der Waals surface area (Å²) in [6.45, 7) is 1.67. The van der Waals surface area contributed by atoms with Crippen molar-refractivity contribution in [3.63, 3.8) is 0 Å². The minimum absolute atomic E-state index is 0.0532. The SMILES string of the molecule is Cc1oc2nc[nH]c(=O)c2c1C(=O)NC1CCCc2ccccc21. The van der Waals surface area contributed by atoms with E-state index in [4.69, 9.17) is 4.42 Å². The molecule has 2 N–H and O–H groups in total. The highest BCUT2D eigenvalue weighted by Crippen LogP contribution is 2.30. The lowest BCUT2D eigenvalue weighted by Gasteiger charge is -2.26. The first-order chi connectivity index (χ1) is 11.6. The molecule has 2 heterocycles. The van der Waals surface area contributed by atoms with Crippen molar-refractivity contribution in [1.82, 2.24) is 15.3 Å². The Balaban J connectivity index is 1.72. The Morgan fingerprint density at radius 1 is 1.38 bits per heavy atom. The predicted octanol–water partition coefficient (Wildman–Crippen LogP) is 2.63. The molecule has 2 aromatic heterocycles. The lowest BCUT2D eigenvalue weighted by molar-refractivity contribution is 0.0932. The van der Waals surface area contributed by atoms with Gasteiger partial charge in [-0.1, -0.05) is 24.3 Å². The second-order valence-corrected chi connectivity index (χ2v) is 6.06. The van der Waals surface area contributed by atoms with Gasteiger partial charge < -0.3 is 14.7 Å². The van der Waals surface area contributed by atoms with Crippen molar-refractivity contribution in [2.75, 3.05) is 0 Å². The molecule has 1 aromatic carbocycles. The number of benzene rings is 1. The third-order valence-electron chi connectivity index (χ3n) is 4.57. The second-order valence-electron chi connectivity index (χ2n) is 6.06. The number of amides is 1. The number of carbonyl (C=O) groups excluding carboxylic acids is 1. The number of hydrogen-bond acceptors (Lipinski definition) is 4. The van der Waals surface area contributed by atoms with Crippen LogP contribution in [0.5, 0.6) is 0 Å². The highest BCUT2D eigenvalue weighted by molar-refractivity contribution is 6.06. The zero-order chi connectivity index (χ0) is 16.7. The number of furan rings is 1. The fraction of sp³-hybridized carbons (Fsp3) is 0.278. The van der Waals surface area contributed by atoms with Crippen LogP contribution in [0.2, 0.25) is 0 Å². The summed E-state index contributed by atoms with van der Waals surface area (Å²) >= 11 is 0. The van der Waals surface area contributed by atoms with Crippen LogP contribution in [-0.2, 0) is 6.42 Å². The standard InChI is InChI=1S/C18H17N3O3/c1-10-14(15-16(22)19-9-20-18(15)24-10)17(23)21-13-8-4-6-11-5-2-3-7-12(11)13/h2-3,5,7,9,13H,4,6,8H2,1H3,(H,21,23)(H,19,20,22). The molecule has 0 saturated carbocycles. The minimum Gasteiger partial charge on any atom is -0.442 e. The molecule has 6 heteroatoms. The van der Waals surface area contributed by atoms with Crippen molar-refractivity contribution >= 4 is 17.0 Å². The molecule has 6 nitrogen and oxygen atoms in total. The molecular formula is C18H17N3O3. The third kappa shape index (κ3) is 2.31. The largest absolute Gasteiger partial charge is 0.442 e. The third-order valence-corrected chi connectivity index (χ3v) is 4.57. The van der Waals surface area contributed by atoms with E-state index in [0.29, 0.717) is 5.76 Å². The Bertz CT molecular complexity index is 987. The summed E-state index contributed by atoms with van der Waals surface area (Å²) in [5.74, 6) is 0.0993. The molecule has 3 aromatic rings. The topological polar surface area (TPSA) is 88.0 Å². The molecule has 0 aliphatic heterocycles. The maximum atomic E-state index is 12.8. The molecule has 0 spiro atoms. The van der Waals surface area contributed by atoms with Gasteiger partial charge in [-0.05, 0) is 37.3 Å². The van der Waals surface area contributed by atoms with Crippen LogP contribution < -0.4 is 10.9 Å². The highest BCUT2D eigenvalue weighted by Gasteiger charge is 2.26. The van der Waals surface area contributed by atoms with Gasteiger partial charge in [-0.25, -0.2) is 4.98 Å². The number of H-pyrrole nitrogens is 1. The summed E-state index contributed by atoms with van der Waals surface area (Å²) in [6, 6.07) is 8.09. The Hall–Kier alpha value is -2.89. The molecule has 1 aliphatic carbocycles. The lowest BCUT2D eigenvalue weighted by atomic mass is 9.87. The van der Waals surface area contributed by atoms with Crippen LogP contribution in [0.4, 0.5) is 0 Å². The van der Waals surface area contributed by atoms with Crippen LogP contribution in [0.3, 0.4) is 0 Å². The number of aromatic nitrogens is 2. The van der Waals surface area contributed by atoms with E-state index in [1.165, 1.54) is 11.9 Å². The van der Waals surface area contributed by atoms with Crippen LogP contribution in [0.15, 0.2) is 39.8 Å². The van der Waals surface area contributed by atoms with Crippen molar-refractivity contribution in [3.05, 3.63) is 63.4 Å². The minimum atomic E-state index is -0.369. The quantitative estimate of drug-likeness (QED) is 0.759. The van der Waals surface area contributed by atoms with E-state index in [1.54, 1.807) is 6.92 Å². The van der Waals surface area contributed by atoms with Crippen molar-refractivity contribution in [1.29, 1.82) is 0 Å². The predicted molar refractivity (Wildman–Crippen MR) is 89.0 cm³/mol. The van der Waals surface area contributed by atoms with Crippen LogP contribution in [0.1, 0.15) is 46.1 Å². The molecule has 0 fully saturated rings. The summed E-state index contributed by atoms with van der Waals surface area (Å²) in [6.07, 6.45) is 4.20. The van der Waals surface area contributed by atoms with Gasteiger partial charge in [0.1, 0.15) is 11.1 Å². The molecule has 1 atom stereocenters. The fourth-order valence-electron chi connectivity index (χ4n) is 3.46. The normalized spacial score (nSPS) is 16.8. The number of aromatic amines is 1. The molecule has 24 heavy (non-hydrogen) atoms. The fourth-order valence-corrected chi connectivity index (χ4v) is 3.46. The van der Waals surface area contributed by atoms with Gasteiger partial charge in [0, 0.05) is 0 Å². The molecule has 1 unspecified atom stereocenters. The molecule has 4 rings (SSSR count). The number of nitrogens with zero attached hydrogens (tertiary/aromatic N) is 1. The van der Waals surface area contributed by atoms with E-state index in [2.05, 4.69) is 21.4 Å². The van der Waals surface area contributed by atoms with E-state index in [1.807, 2.05) is 18.2 Å². The van der Waals surface area contributed by atoms with E-state index in [0.717, 1.165) is 24.8 Å². The van der Waals surface area contributed by atoms with Crippen molar-refractivity contribution in [3.8, 4) is 0 Å². The number of fused-ring (bicyclic) bond motifs is 2. The van der Waals surface area contributed by atoms with E-state index in [9.17, 15) is 9.59 Å². The average molecular weight is 323 g/mol. The Morgan fingerprint density at radius 3 is 3.08 bits per heavy atom. The van der Waals surface area contributed by atoms with Crippen molar-refractivity contribution < 1.29 is 9.21 Å². The van der Waals surface area contributed by atoms with Gasteiger partial charge in [0.05, 0.1) is 17.9 Å². The smallest absolute Gasteiger partial charge is 0.262 e. The first-order valence-corrected chi connectivity index (χ1v) is 8.00. The summed E-state index contributed by atoms with van der Waals surface area (Å²) < 4.78 is 5.47. The van der Waals surface area contributed by atoms with E-state index in [-0.39, 0.29) is 34.2 Å². The Morgan fingerprint density at radius 2 is 2.21 bits per heavy atom. The number of carbonyl (C=O) groups is 1. The zero-order valence-electron chi connectivity index (χ0n) is 13.3. The van der Waals surface area contributed by atoms with E-state index < -0.39 is 0 Å². The number of aryl methyl sites for hydroxylation is 2. The molecule has 122 valence electrons. The van der Waals surface area contributed by atoms with Gasteiger partial charge in [-0.3, -0.25) is 9.59 Å². The first-order valence-electron chi connectivity index (χ1n) is 8.00. The van der Waals surface area contributed by atoms with Gasteiger partial charge in [0.15, 0.2) is 0 Å². The van der Waals surface area contributed by atoms with Crippen LogP contribution in [-0.4, -0.2) is 15.9 Å². The van der Waals surface area contributed by atoms with Gasteiger partial charge in [0.25, 0.3) is 11.5 Å². The highest BCUT2D eigenvalue weighted by atomic mass is 16.3. The van der Waals surface area contributed by atoms with Crippen molar-refractivity contribution in [2.24, 2.45) is 0 Å². The van der Waals surface area contributed by atoms with Gasteiger partial charge in [-0.2, -0.15) is 0 Å². The molecule has 1 amide bonds. The number of hydrogen-bond donors (Lipinski definition) is 2. The summed E-state index contributed by atoms with van der Waals surface area (Å²) in [5.41, 5.74) is 2.50. The maximum absolute atomic E-state index is 12.8. The summed E-state index contributed by atoms with van der Waals surface area (Å²) in [7, 11) is 0. The monoisotopic (exact) mass is 323 g/mol. The second kappa shape index (κ2) is 5.63. The van der Waals surface area contributed by atoms with E-state index >= 15 is 0 Å². The van der Waals surface area contributed by atoms with Gasteiger partial charge in [0.2, 0.25) is 5.71 Å². The molecule has 0 bridgehead atoms. The molecular weight excluding hydrogens is 306 g/mol. The number of nitrogens with one attached hydrogen (secondary N) is 2. The van der Waals surface area contributed by atoms with Crippen LogP contribution in [0.25, 0.3) is 11.1 Å².